The zero-order chi connectivity index (χ0) is 15.0. The van der Waals surface area contributed by atoms with Gasteiger partial charge in [-0.2, -0.15) is 0 Å². The maximum absolute atomic E-state index is 12.1. The van der Waals surface area contributed by atoms with E-state index in [2.05, 4.69) is 4.74 Å². The van der Waals surface area contributed by atoms with Gasteiger partial charge in [-0.05, 0) is 12.5 Å². The van der Waals surface area contributed by atoms with Crippen LogP contribution in [0.3, 0.4) is 0 Å². The number of nitrogens with zero attached hydrogens (tertiary/aromatic N) is 2. The molecule has 0 N–H and O–H groups in total. The normalized spacial score (nSPS) is 10.1. The Kier molecular flexibility index (Phi) is 6.49. The fraction of sp³-hybridized carbons (Fsp3) is 0.500. The van der Waals surface area contributed by atoms with Gasteiger partial charge >= 0.3 is 5.97 Å². The minimum absolute atomic E-state index is 0.0487. The molecule has 0 fully saturated rings. The molecule has 0 atom stereocenters. The summed E-state index contributed by atoms with van der Waals surface area (Å²) < 4.78 is 6.04. The van der Waals surface area contributed by atoms with Crippen molar-refractivity contribution in [3.63, 3.8) is 0 Å². The number of methoxy groups -OCH3 is 1. The summed E-state index contributed by atoms with van der Waals surface area (Å²) in [6.07, 6.45) is 2.58. The van der Waals surface area contributed by atoms with E-state index in [-0.39, 0.29) is 24.4 Å². The molecule has 110 valence electrons. The van der Waals surface area contributed by atoms with Gasteiger partial charge in [0.05, 0.1) is 7.11 Å². The number of amides is 1. The summed E-state index contributed by atoms with van der Waals surface area (Å²) in [5, 5.41) is 0. The first-order valence-corrected chi connectivity index (χ1v) is 6.58. The van der Waals surface area contributed by atoms with E-state index in [1.165, 1.54) is 22.6 Å². The van der Waals surface area contributed by atoms with Crippen LogP contribution in [-0.4, -0.2) is 41.5 Å². The quantitative estimate of drug-likeness (QED) is 0.688. The average Bonchev–Trinajstić information content (AvgIpc) is 2.45. The molecule has 0 bridgehead atoms. The Morgan fingerprint density at radius 2 is 2.10 bits per heavy atom. The second-order valence-corrected chi connectivity index (χ2v) is 4.37. The minimum Gasteiger partial charge on any atom is -0.468 e. The molecular weight excluding hydrogens is 260 g/mol. The number of aryl methyl sites for hydroxylation is 1. The number of esters is 1. The van der Waals surface area contributed by atoms with Crippen molar-refractivity contribution in [2.75, 3.05) is 20.2 Å². The molecule has 0 aliphatic carbocycles. The van der Waals surface area contributed by atoms with Crippen molar-refractivity contribution in [2.45, 2.75) is 26.3 Å². The van der Waals surface area contributed by atoms with E-state index in [9.17, 15) is 14.4 Å². The minimum atomic E-state index is -0.441. The van der Waals surface area contributed by atoms with Crippen molar-refractivity contribution in [1.29, 1.82) is 0 Å². The largest absolute Gasteiger partial charge is 0.468 e. The smallest absolute Gasteiger partial charge is 0.325 e. The Balaban J connectivity index is 2.60. The first kappa shape index (κ1) is 15.9. The van der Waals surface area contributed by atoms with Gasteiger partial charge in [0.2, 0.25) is 5.91 Å². The number of hydrogen-bond donors (Lipinski definition) is 0. The summed E-state index contributed by atoms with van der Waals surface area (Å²) in [7, 11) is 1.29. The van der Waals surface area contributed by atoms with Crippen LogP contribution in [0.25, 0.3) is 0 Å². The maximum atomic E-state index is 12.1. The van der Waals surface area contributed by atoms with Gasteiger partial charge in [-0.15, -0.1) is 0 Å². The Morgan fingerprint density at radius 1 is 1.35 bits per heavy atom. The number of carbonyl (C=O) groups excluding carboxylic acids is 2. The van der Waals surface area contributed by atoms with Crippen LogP contribution in [0.5, 0.6) is 0 Å². The van der Waals surface area contributed by atoms with Gasteiger partial charge < -0.3 is 14.2 Å². The Bertz CT molecular complexity index is 510. The van der Waals surface area contributed by atoms with E-state index in [1.807, 2.05) is 6.92 Å². The molecule has 6 nitrogen and oxygen atoms in total. The Morgan fingerprint density at radius 3 is 2.70 bits per heavy atom. The number of carbonyl (C=O) groups is 2. The Hall–Kier alpha value is -2.11. The highest BCUT2D eigenvalue weighted by molar-refractivity contribution is 5.81. The van der Waals surface area contributed by atoms with E-state index >= 15 is 0 Å². The van der Waals surface area contributed by atoms with E-state index in [0.717, 1.165) is 6.42 Å². The molecule has 20 heavy (non-hydrogen) atoms. The van der Waals surface area contributed by atoms with Crippen LogP contribution < -0.4 is 5.56 Å². The van der Waals surface area contributed by atoms with Crippen molar-refractivity contribution in [3.8, 4) is 0 Å². The third-order valence-corrected chi connectivity index (χ3v) is 2.86. The van der Waals surface area contributed by atoms with Gasteiger partial charge in [0.1, 0.15) is 6.54 Å². The molecule has 0 aliphatic heterocycles. The number of pyridine rings is 1. The summed E-state index contributed by atoms with van der Waals surface area (Å²) in [6.45, 7) is 2.68. The summed E-state index contributed by atoms with van der Waals surface area (Å²) >= 11 is 0. The molecular formula is C14H20N2O4. The van der Waals surface area contributed by atoms with Gasteiger partial charge in [0.25, 0.3) is 5.56 Å². The van der Waals surface area contributed by atoms with E-state index in [0.29, 0.717) is 13.1 Å². The van der Waals surface area contributed by atoms with Crippen LogP contribution in [0.1, 0.15) is 19.8 Å². The number of ether oxygens (including phenoxy) is 1. The topological polar surface area (TPSA) is 68.6 Å². The highest BCUT2D eigenvalue weighted by Crippen LogP contribution is 1.99. The molecule has 1 rings (SSSR count). The summed E-state index contributed by atoms with van der Waals surface area (Å²) in [6, 6.07) is 4.84. The summed E-state index contributed by atoms with van der Waals surface area (Å²) in [5.74, 6) is -0.600. The Labute approximate surface area is 118 Å². The highest BCUT2D eigenvalue weighted by atomic mass is 16.5. The molecule has 1 aromatic rings. The van der Waals surface area contributed by atoms with E-state index in [4.69, 9.17) is 0 Å². The predicted molar refractivity (Wildman–Crippen MR) is 74.2 cm³/mol. The lowest BCUT2D eigenvalue weighted by Crippen LogP contribution is -2.37. The molecule has 0 spiro atoms. The van der Waals surface area contributed by atoms with Gasteiger partial charge in [0, 0.05) is 31.8 Å². The van der Waals surface area contributed by atoms with Crippen molar-refractivity contribution in [1.82, 2.24) is 9.47 Å². The lowest BCUT2D eigenvalue weighted by atomic mass is 10.3. The van der Waals surface area contributed by atoms with Crippen LogP contribution in [0.2, 0.25) is 0 Å². The van der Waals surface area contributed by atoms with Gasteiger partial charge in [-0.25, -0.2) is 0 Å². The van der Waals surface area contributed by atoms with Crippen molar-refractivity contribution < 1.29 is 14.3 Å². The van der Waals surface area contributed by atoms with E-state index in [1.54, 1.807) is 18.3 Å². The van der Waals surface area contributed by atoms with Crippen molar-refractivity contribution >= 4 is 11.9 Å². The fourth-order valence-corrected chi connectivity index (χ4v) is 1.80. The van der Waals surface area contributed by atoms with Crippen LogP contribution in [-0.2, 0) is 20.9 Å². The average molecular weight is 280 g/mol. The summed E-state index contributed by atoms with van der Waals surface area (Å²) in [5.41, 5.74) is -0.143. The molecule has 0 aliphatic rings. The first-order valence-electron chi connectivity index (χ1n) is 6.58. The van der Waals surface area contributed by atoms with Crippen LogP contribution in [0.15, 0.2) is 29.2 Å². The molecule has 0 saturated carbocycles. The fourth-order valence-electron chi connectivity index (χ4n) is 1.80. The first-order chi connectivity index (χ1) is 9.58. The molecule has 1 aromatic heterocycles. The molecule has 0 saturated heterocycles. The zero-order valence-corrected chi connectivity index (χ0v) is 11.9. The number of rotatable bonds is 7. The lowest BCUT2D eigenvalue weighted by Gasteiger charge is -2.20. The zero-order valence-electron chi connectivity index (χ0n) is 11.9. The van der Waals surface area contributed by atoms with Crippen LogP contribution in [0, 0.1) is 0 Å². The highest BCUT2D eigenvalue weighted by Gasteiger charge is 2.16. The SMILES string of the molecule is CCCN(CC(=O)OC)C(=O)CCn1ccccc1=O. The van der Waals surface area contributed by atoms with Gasteiger partial charge in [-0.3, -0.25) is 14.4 Å². The van der Waals surface area contributed by atoms with Gasteiger partial charge in [0.15, 0.2) is 0 Å². The van der Waals surface area contributed by atoms with Gasteiger partial charge in [-0.1, -0.05) is 13.0 Å². The van der Waals surface area contributed by atoms with Crippen LogP contribution >= 0.6 is 0 Å². The third kappa shape index (κ3) is 4.87. The monoisotopic (exact) mass is 280 g/mol. The second kappa shape index (κ2) is 8.14. The molecule has 1 heterocycles. The second-order valence-electron chi connectivity index (χ2n) is 4.37. The number of hydrogen-bond acceptors (Lipinski definition) is 4. The molecule has 0 radical (unpaired) electrons. The molecule has 6 heteroatoms. The molecule has 0 aromatic carbocycles. The number of aromatic nitrogens is 1. The third-order valence-electron chi connectivity index (χ3n) is 2.86. The molecule has 0 unspecified atom stereocenters. The maximum Gasteiger partial charge on any atom is 0.325 e. The lowest BCUT2D eigenvalue weighted by molar-refractivity contribution is -0.147. The van der Waals surface area contributed by atoms with Crippen molar-refractivity contribution in [2.24, 2.45) is 0 Å². The predicted octanol–water partition coefficient (Wildman–Crippen LogP) is 0.650. The van der Waals surface area contributed by atoms with Crippen LogP contribution in [0.4, 0.5) is 0 Å². The standard InChI is InChI=1S/C14H20N2O4/c1-3-8-16(11-14(19)20-2)13(18)7-10-15-9-5-4-6-12(15)17/h4-6,9H,3,7-8,10-11H2,1-2H3. The molecule has 1 amide bonds. The van der Waals surface area contributed by atoms with Crippen molar-refractivity contribution in [3.05, 3.63) is 34.7 Å². The van der Waals surface area contributed by atoms with E-state index < -0.39 is 5.97 Å². The summed E-state index contributed by atoms with van der Waals surface area (Å²) in [4.78, 5) is 36.3.